The molecule has 1 aliphatic heterocycles. The molecular formula is C20H23N3O4. The highest BCUT2D eigenvalue weighted by atomic mass is 16.5. The molecule has 0 spiro atoms. The van der Waals surface area contributed by atoms with Crippen LogP contribution in [0.2, 0.25) is 0 Å². The summed E-state index contributed by atoms with van der Waals surface area (Å²) >= 11 is 0. The molecule has 2 amide bonds. The van der Waals surface area contributed by atoms with Crippen molar-refractivity contribution < 1.29 is 14.3 Å². The van der Waals surface area contributed by atoms with Crippen LogP contribution in [0.3, 0.4) is 0 Å². The summed E-state index contributed by atoms with van der Waals surface area (Å²) in [5.41, 5.74) is 1.43. The second kappa shape index (κ2) is 9.14. The lowest BCUT2D eigenvalue weighted by Crippen LogP contribution is -2.27. The summed E-state index contributed by atoms with van der Waals surface area (Å²) in [6, 6.07) is 12.2. The van der Waals surface area contributed by atoms with Crippen molar-refractivity contribution in [2.24, 2.45) is 0 Å². The summed E-state index contributed by atoms with van der Waals surface area (Å²) < 4.78 is 6.88. The Labute approximate surface area is 157 Å². The van der Waals surface area contributed by atoms with Crippen LogP contribution in [0.1, 0.15) is 24.8 Å². The Bertz CT molecular complexity index is 856. The van der Waals surface area contributed by atoms with Gasteiger partial charge in [-0.2, -0.15) is 0 Å². The van der Waals surface area contributed by atoms with E-state index in [-0.39, 0.29) is 29.9 Å². The van der Waals surface area contributed by atoms with E-state index in [1.165, 1.54) is 10.6 Å². The van der Waals surface area contributed by atoms with E-state index in [9.17, 15) is 14.4 Å². The van der Waals surface area contributed by atoms with Crippen molar-refractivity contribution in [2.45, 2.75) is 38.5 Å². The van der Waals surface area contributed by atoms with Gasteiger partial charge in [0.05, 0.1) is 0 Å². The van der Waals surface area contributed by atoms with Gasteiger partial charge in [0.15, 0.2) is 0 Å². The van der Waals surface area contributed by atoms with E-state index in [1.54, 1.807) is 24.4 Å². The summed E-state index contributed by atoms with van der Waals surface area (Å²) in [5, 5.41) is 5.68. The number of ether oxygens (including phenoxy) is 1. The molecule has 1 aromatic heterocycles. The average Bonchev–Trinajstić information content (AvgIpc) is 3.21. The van der Waals surface area contributed by atoms with Gasteiger partial charge in [-0.15, -0.1) is 0 Å². The monoisotopic (exact) mass is 369 g/mol. The van der Waals surface area contributed by atoms with Crippen LogP contribution in [0.4, 0.5) is 5.69 Å². The van der Waals surface area contributed by atoms with Gasteiger partial charge in [-0.1, -0.05) is 18.2 Å². The summed E-state index contributed by atoms with van der Waals surface area (Å²) in [4.78, 5) is 35.8. The Morgan fingerprint density at radius 2 is 2.07 bits per heavy atom. The maximum absolute atomic E-state index is 12.1. The van der Waals surface area contributed by atoms with E-state index in [1.807, 2.05) is 18.2 Å². The first-order valence-electron chi connectivity index (χ1n) is 9.05. The van der Waals surface area contributed by atoms with Crippen LogP contribution in [0.25, 0.3) is 0 Å². The van der Waals surface area contributed by atoms with E-state index in [4.69, 9.17) is 4.74 Å². The first-order valence-corrected chi connectivity index (χ1v) is 9.05. The molecule has 0 aliphatic carbocycles. The number of nitrogens with zero attached hydrogens (tertiary/aromatic N) is 1. The molecule has 0 radical (unpaired) electrons. The quantitative estimate of drug-likeness (QED) is 0.777. The number of rotatable bonds is 7. The number of carbonyl (C=O) groups is 2. The number of anilines is 1. The number of hydrogen-bond acceptors (Lipinski definition) is 4. The van der Waals surface area contributed by atoms with Crippen LogP contribution >= 0.6 is 0 Å². The SMILES string of the molecule is O=C(CCn1ccccc1=O)NCc1cccc(NC(=O)C2CCCO2)c1. The highest BCUT2D eigenvalue weighted by Gasteiger charge is 2.23. The van der Waals surface area contributed by atoms with Gasteiger partial charge >= 0.3 is 0 Å². The van der Waals surface area contributed by atoms with E-state index in [2.05, 4.69) is 10.6 Å². The first kappa shape index (κ1) is 18.8. The third kappa shape index (κ3) is 5.52. The lowest BCUT2D eigenvalue weighted by molar-refractivity contribution is -0.124. The van der Waals surface area contributed by atoms with Gasteiger partial charge in [0.1, 0.15) is 6.10 Å². The van der Waals surface area contributed by atoms with Crippen molar-refractivity contribution in [1.29, 1.82) is 0 Å². The molecule has 7 heteroatoms. The summed E-state index contributed by atoms with van der Waals surface area (Å²) in [5.74, 6) is -0.276. The number of pyridine rings is 1. The average molecular weight is 369 g/mol. The maximum atomic E-state index is 12.1. The molecule has 0 saturated carbocycles. The minimum atomic E-state index is -0.380. The van der Waals surface area contributed by atoms with Crippen molar-refractivity contribution in [3.63, 3.8) is 0 Å². The Balaban J connectivity index is 1.47. The topological polar surface area (TPSA) is 89.4 Å². The number of hydrogen-bond donors (Lipinski definition) is 2. The minimum Gasteiger partial charge on any atom is -0.368 e. The van der Waals surface area contributed by atoms with Crippen molar-refractivity contribution in [3.05, 3.63) is 64.6 Å². The number of benzene rings is 1. The van der Waals surface area contributed by atoms with Gasteiger partial charge < -0.3 is 19.9 Å². The number of aryl methyl sites for hydroxylation is 1. The zero-order valence-corrected chi connectivity index (χ0v) is 15.0. The molecule has 0 bridgehead atoms. The van der Waals surface area contributed by atoms with Gasteiger partial charge in [-0.05, 0) is 36.6 Å². The molecule has 142 valence electrons. The van der Waals surface area contributed by atoms with Gasteiger partial charge in [0.25, 0.3) is 11.5 Å². The summed E-state index contributed by atoms with van der Waals surface area (Å²) in [7, 11) is 0. The lowest BCUT2D eigenvalue weighted by atomic mass is 10.2. The van der Waals surface area contributed by atoms with E-state index in [0.717, 1.165) is 18.4 Å². The third-order valence-electron chi connectivity index (χ3n) is 4.39. The van der Waals surface area contributed by atoms with E-state index >= 15 is 0 Å². The van der Waals surface area contributed by atoms with E-state index in [0.29, 0.717) is 25.4 Å². The van der Waals surface area contributed by atoms with Crippen LogP contribution in [-0.4, -0.2) is 29.1 Å². The summed E-state index contributed by atoms with van der Waals surface area (Å²) in [6.45, 7) is 1.31. The molecule has 1 aromatic carbocycles. The molecule has 7 nitrogen and oxygen atoms in total. The first-order chi connectivity index (χ1) is 13.1. The Morgan fingerprint density at radius 3 is 2.85 bits per heavy atom. The second-order valence-corrected chi connectivity index (χ2v) is 6.45. The maximum Gasteiger partial charge on any atom is 0.253 e. The van der Waals surface area contributed by atoms with Crippen LogP contribution in [0, 0.1) is 0 Å². The van der Waals surface area contributed by atoms with Gasteiger partial charge in [0.2, 0.25) is 5.91 Å². The molecule has 3 rings (SSSR count). The molecule has 2 aromatic rings. The molecular weight excluding hydrogens is 346 g/mol. The molecule has 1 fully saturated rings. The molecule has 27 heavy (non-hydrogen) atoms. The van der Waals surface area contributed by atoms with E-state index < -0.39 is 0 Å². The number of nitrogens with one attached hydrogen (secondary N) is 2. The zero-order valence-electron chi connectivity index (χ0n) is 15.0. The molecule has 2 N–H and O–H groups in total. The fourth-order valence-corrected chi connectivity index (χ4v) is 2.92. The number of carbonyl (C=O) groups excluding carboxylic acids is 2. The Morgan fingerprint density at radius 1 is 1.19 bits per heavy atom. The summed E-state index contributed by atoms with van der Waals surface area (Å²) in [6.07, 6.45) is 3.15. The van der Waals surface area contributed by atoms with Crippen LogP contribution < -0.4 is 16.2 Å². The van der Waals surface area contributed by atoms with Gasteiger partial charge in [-0.3, -0.25) is 14.4 Å². The number of aromatic nitrogens is 1. The Hall–Kier alpha value is -2.93. The third-order valence-corrected chi connectivity index (χ3v) is 4.39. The van der Waals surface area contributed by atoms with Crippen molar-refractivity contribution in [3.8, 4) is 0 Å². The standard InChI is InChI=1S/C20H23N3O4/c24-18(9-11-23-10-2-1-8-19(23)25)21-14-15-5-3-6-16(13-15)22-20(26)17-7-4-12-27-17/h1-3,5-6,8,10,13,17H,4,7,9,11-12,14H2,(H,21,24)(H,22,26). The predicted octanol–water partition coefficient (Wildman–Crippen LogP) is 1.67. The molecule has 1 aliphatic rings. The molecule has 2 heterocycles. The van der Waals surface area contributed by atoms with Crippen LogP contribution in [0.15, 0.2) is 53.5 Å². The number of amides is 2. The fourth-order valence-electron chi connectivity index (χ4n) is 2.92. The lowest BCUT2D eigenvalue weighted by Gasteiger charge is -2.12. The van der Waals surface area contributed by atoms with Crippen molar-refractivity contribution in [1.82, 2.24) is 9.88 Å². The molecule has 1 unspecified atom stereocenters. The van der Waals surface area contributed by atoms with Crippen molar-refractivity contribution in [2.75, 3.05) is 11.9 Å². The largest absolute Gasteiger partial charge is 0.368 e. The second-order valence-electron chi connectivity index (χ2n) is 6.45. The normalized spacial score (nSPS) is 16.1. The smallest absolute Gasteiger partial charge is 0.253 e. The predicted molar refractivity (Wildman–Crippen MR) is 101 cm³/mol. The fraction of sp³-hybridized carbons (Fsp3) is 0.350. The molecule has 1 saturated heterocycles. The van der Waals surface area contributed by atoms with Gasteiger partial charge in [0, 0.05) is 44.1 Å². The van der Waals surface area contributed by atoms with Crippen LogP contribution in [0.5, 0.6) is 0 Å². The van der Waals surface area contributed by atoms with Gasteiger partial charge in [-0.25, -0.2) is 0 Å². The highest BCUT2D eigenvalue weighted by Crippen LogP contribution is 2.16. The van der Waals surface area contributed by atoms with Crippen LogP contribution in [-0.2, 0) is 27.4 Å². The zero-order chi connectivity index (χ0) is 19.1. The minimum absolute atomic E-state index is 0.125. The Kier molecular flexibility index (Phi) is 6.38. The van der Waals surface area contributed by atoms with Crippen molar-refractivity contribution >= 4 is 17.5 Å². The highest BCUT2D eigenvalue weighted by molar-refractivity contribution is 5.94. The molecule has 1 atom stereocenters.